The largest absolute Gasteiger partial charge is 0.337 e. The van der Waals surface area contributed by atoms with Gasteiger partial charge in [-0.2, -0.15) is 0 Å². The van der Waals surface area contributed by atoms with Crippen molar-refractivity contribution in [1.29, 1.82) is 0 Å². The summed E-state index contributed by atoms with van der Waals surface area (Å²) in [5.41, 5.74) is 0. The molecule has 6 nitrogen and oxygen atoms in total. The zero-order valence-corrected chi connectivity index (χ0v) is 17.5. The molecule has 0 unspecified atom stereocenters. The molecule has 2 rings (SSSR count). The predicted octanol–water partition coefficient (Wildman–Crippen LogP) is 2.27. The lowest BCUT2D eigenvalue weighted by atomic mass is 10.2. The smallest absolute Gasteiger partial charge is 0.237 e. The Bertz CT molecular complexity index is 550. The van der Waals surface area contributed by atoms with Gasteiger partial charge in [-0.05, 0) is 27.7 Å². The van der Waals surface area contributed by atoms with Gasteiger partial charge in [-0.3, -0.25) is 14.6 Å². The molecule has 0 atom stereocenters. The zero-order valence-electron chi connectivity index (χ0n) is 17.5. The second-order valence-electron chi connectivity index (χ2n) is 8.24. The van der Waals surface area contributed by atoms with Gasteiger partial charge in [-0.1, -0.05) is 13.8 Å². The van der Waals surface area contributed by atoms with Gasteiger partial charge in [0.05, 0.1) is 6.54 Å². The third-order valence-electron chi connectivity index (χ3n) is 5.15. The van der Waals surface area contributed by atoms with E-state index in [0.717, 1.165) is 45.1 Å². The topological polar surface area (TPSA) is 44.6 Å². The summed E-state index contributed by atoms with van der Waals surface area (Å²) in [6, 6.07) is 0.517. The standard InChI is InChI=1S/C20H37N5O/c1-16(2)20-21-7-8-24(20)14-13-22-9-11-23(12-10-22)15-19(26)25(17(3)4)18(5)6/h7-8,16-18H,9-15H2,1-6H3. The number of aromatic nitrogens is 2. The lowest BCUT2D eigenvalue weighted by Gasteiger charge is -2.37. The number of hydrogen-bond donors (Lipinski definition) is 0. The molecule has 1 fully saturated rings. The van der Waals surface area contributed by atoms with E-state index >= 15 is 0 Å². The molecule has 6 heteroatoms. The zero-order chi connectivity index (χ0) is 19.3. The number of carbonyl (C=O) groups is 1. The molecule has 1 aliphatic heterocycles. The molecule has 148 valence electrons. The first kappa shape index (κ1) is 20.9. The normalized spacial score (nSPS) is 16.8. The van der Waals surface area contributed by atoms with E-state index in [2.05, 4.69) is 67.1 Å². The lowest BCUT2D eigenvalue weighted by molar-refractivity contribution is -0.136. The van der Waals surface area contributed by atoms with E-state index in [1.807, 2.05) is 11.1 Å². The molecule has 0 bridgehead atoms. The van der Waals surface area contributed by atoms with Crippen molar-refractivity contribution in [2.45, 2.75) is 66.1 Å². The van der Waals surface area contributed by atoms with Crippen LogP contribution in [0.25, 0.3) is 0 Å². The van der Waals surface area contributed by atoms with Gasteiger partial charge in [-0.25, -0.2) is 4.98 Å². The van der Waals surface area contributed by atoms with E-state index in [1.54, 1.807) is 0 Å². The number of nitrogens with zero attached hydrogens (tertiary/aromatic N) is 5. The minimum atomic E-state index is 0.253. The van der Waals surface area contributed by atoms with Crippen molar-refractivity contribution >= 4 is 5.91 Å². The second kappa shape index (κ2) is 9.51. The third kappa shape index (κ3) is 5.55. The average Bonchev–Trinajstić information content (AvgIpc) is 3.02. The van der Waals surface area contributed by atoms with Crippen molar-refractivity contribution in [3.8, 4) is 0 Å². The Morgan fingerprint density at radius 3 is 2.12 bits per heavy atom. The summed E-state index contributed by atoms with van der Waals surface area (Å²) in [4.78, 5) is 23.9. The summed E-state index contributed by atoms with van der Waals surface area (Å²) < 4.78 is 2.27. The van der Waals surface area contributed by atoms with E-state index in [9.17, 15) is 4.79 Å². The molecule has 1 aromatic rings. The summed E-state index contributed by atoms with van der Waals surface area (Å²) in [7, 11) is 0. The minimum Gasteiger partial charge on any atom is -0.337 e. The fraction of sp³-hybridized carbons (Fsp3) is 0.800. The van der Waals surface area contributed by atoms with Crippen molar-refractivity contribution < 1.29 is 4.79 Å². The van der Waals surface area contributed by atoms with Gasteiger partial charge in [-0.15, -0.1) is 0 Å². The molecule has 0 radical (unpaired) electrons. The summed E-state index contributed by atoms with van der Waals surface area (Å²) in [5, 5.41) is 0. The van der Waals surface area contributed by atoms with Crippen LogP contribution in [0.3, 0.4) is 0 Å². The Morgan fingerprint density at radius 1 is 1.00 bits per heavy atom. The van der Waals surface area contributed by atoms with E-state index in [4.69, 9.17) is 0 Å². The predicted molar refractivity (Wildman–Crippen MR) is 106 cm³/mol. The highest BCUT2D eigenvalue weighted by Crippen LogP contribution is 2.12. The van der Waals surface area contributed by atoms with Crippen LogP contribution in [-0.2, 0) is 11.3 Å². The molecule has 2 heterocycles. The van der Waals surface area contributed by atoms with Gasteiger partial charge in [0.1, 0.15) is 5.82 Å². The van der Waals surface area contributed by atoms with Gasteiger partial charge in [0.15, 0.2) is 0 Å². The highest BCUT2D eigenvalue weighted by molar-refractivity contribution is 5.78. The fourth-order valence-corrected chi connectivity index (χ4v) is 3.88. The van der Waals surface area contributed by atoms with E-state index in [-0.39, 0.29) is 18.0 Å². The Morgan fingerprint density at radius 2 is 1.58 bits per heavy atom. The molecule has 1 aliphatic rings. The van der Waals surface area contributed by atoms with Gasteiger partial charge in [0.2, 0.25) is 5.91 Å². The molecular weight excluding hydrogens is 326 g/mol. The first-order valence-electron chi connectivity index (χ1n) is 10.1. The lowest BCUT2D eigenvalue weighted by Crippen LogP contribution is -2.52. The summed E-state index contributed by atoms with van der Waals surface area (Å²) in [6.07, 6.45) is 3.98. The van der Waals surface area contributed by atoms with Crippen LogP contribution in [0.2, 0.25) is 0 Å². The maximum Gasteiger partial charge on any atom is 0.237 e. The van der Waals surface area contributed by atoms with Crippen LogP contribution in [0.1, 0.15) is 53.3 Å². The monoisotopic (exact) mass is 363 g/mol. The van der Waals surface area contributed by atoms with Crippen LogP contribution in [0.4, 0.5) is 0 Å². The summed E-state index contributed by atoms with van der Waals surface area (Å²) in [5.74, 6) is 1.87. The van der Waals surface area contributed by atoms with Crippen LogP contribution in [0.5, 0.6) is 0 Å². The summed E-state index contributed by atoms with van der Waals surface area (Å²) in [6.45, 7) is 19.3. The van der Waals surface area contributed by atoms with Crippen LogP contribution in [0.15, 0.2) is 12.4 Å². The molecule has 0 aliphatic carbocycles. The molecule has 1 aromatic heterocycles. The number of piperazine rings is 1. The van der Waals surface area contributed by atoms with Gasteiger partial charge in [0.25, 0.3) is 0 Å². The second-order valence-corrected chi connectivity index (χ2v) is 8.24. The molecule has 0 saturated carbocycles. The number of imidazole rings is 1. The van der Waals surface area contributed by atoms with Crippen molar-refractivity contribution in [1.82, 2.24) is 24.3 Å². The fourth-order valence-electron chi connectivity index (χ4n) is 3.88. The molecule has 0 N–H and O–H groups in total. The molecule has 1 saturated heterocycles. The third-order valence-corrected chi connectivity index (χ3v) is 5.15. The Kier molecular flexibility index (Phi) is 7.65. The first-order valence-corrected chi connectivity index (χ1v) is 10.1. The Labute approximate surface area is 159 Å². The van der Waals surface area contributed by atoms with Crippen molar-refractivity contribution in [2.24, 2.45) is 0 Å². The average molecular weight is 364 g/mol. The van der Waals surface area contributed by atoms with E-state index in [1.165, 1.54) is 0 Å². The molecule has 0 spiro atoms. The van der Waals surface area contributed by atoms with Gasteiger partial charge in [0, 0.05) is 69.7 Å². The quantitative estimate of drug-likeness (QED) is 0.711. The van der Waals surface area contributed by atoms with Crippen LogP contribution >= 0.6 is 0 Å². The van der Waals surface area contributed by atoms with Gasteiger partial charge >= 0.3 is 0 Å². The molecular formula is C20H37N5O. The highest BCUT2D eigenvalue weighted by Gasteiger charge is 2.24. The highest BCUT2D eigenvalue weighted by atomic mass is 16.2. The molecule has 0 aromatic carbocycles. The van der Waals surface area contributed by atoms with Crippen LogP contribution < -0.4 is 0 Å². The minimum absolute atomic E-state index is 0.253. The number of carbonyl (C=O) groups excluding carboxylic acids is 1. The Hall–Kier alpha value is -1.40. The van der Waals surface area contributed by atoms with Crippen molar-refractivity contribution in [2.75, 3.05) is 39.3 Å². The van der Waals surface area contributed by atoms with Crippen LogP contribution in [-0.4, -0.2) is 81.5 Å². The maximum absolute atomic E-state index is 12.6. The molecule has 26 heavy (non-hydrogen) atoms. The summed E-state index contributed by atoms with van der Waals surface area (Å²) >= 11 is 0. The van der Waals surface area contributed by atoms with Crippen LogP contribution in [0, 0.1) is 0 Å². The Balaban J connectivity index is 1.76. The molecule has 1 amide bonds. The van der Waals surface area contributed by atoms with Crippen molar-refractivity contribution in [3.05, 3.63) is 18.2 Å². The SMILES string of the molecule is CC(C)c1nccn1CCN1CCN(CC(=O)N(C(C)C)C(C)C)CC1. The van der Waals surface area contributed by atoms with Crippen molar-refractivity contribution in [3.63, 3.8) is 0 Å². The van der Waals surface area contributed by atoms with E-state index in [0.29, 0.717) is 12.5 Å². The first-order chi connectivity index (χ1) is 12.3. The van der Waals surface area contributed by atoms with Gasteiger partial charge < -0.3 is 9.47 Å². The maximum atomic E-state index is 12.6. The number of rotatable bonds is 8. The number of amides is 1. The van der Waals surface area contributed by atoms with E-state index < -0.39 is 0 Å². The number of hydrogen-bond acceptors (Lipinski definition) is 4.